The lowest BCUT2D eigenvalue weighted by Gasteiger charge is -2.22. The highest BCUT2D eigenvalue weighted by molar-refractivity contribution is 7.99. The van der Waals surface area contributed by atoms with Crippen molar-refractivity contribution in [1.82, 2.24) is 5.32 Å². The van der Waals surface area contributed by atoms with Crippen molar-refractivity contribution in [3.63, 3.8) is 0 Å². The fourth-order valence-corrected chi connectivity index (χ4v) is 4.04. The molecular formula is C17H24N2O2S. The number of anilines is 1. The van der Waals surface area contributed by atoms with E-state index in [4.69, 9.17) is 4.74 Å². The van der Waals surface area contributed by atoms with E-state index >= 15 is 0 Å². The largest absolute Gasteiger partial charge is 0.368 e. The molecule has 2 N–H and O–H groups in total. The van der Waals surface area contributed by atoms with Crippen LogP contribution in [-0.4, -0.2) is 36.2 Å². The molecule has 0 bridgehead atoms. The number of ether oxygens (including phenoxy) is 1. The lowest BCUT2D eigenvalue weighted by Crippen LogP contribution is -2.33. The van der Waals surface area contributed by atoms with Gasteiger partial charge in [-0.25, -0.2) is 0 Å². The van der Waals surface area contributed by atoms with E-state index in [9.17, 15) is 4.79 Å². The van der Waals surface area contributed by atoms with Crippen LogP contribution in [0.4, 0.5) is 5.69 Å². The van der Waals surface area contributed by atoms with Gasteiger partial charge < -0.3 is 15.4 Å². The Morgan fingerprint density at radius 2 is 2.27 bits per heavy atom. The van der Waals surface area contributed by atoms with E-state index in [0.29, 0.717) is 12.6 Å². The fraction of sp³-hybridized carbons (Fsp3) is 0.588. The van der Waals surface area contributed by atoms with Crippen LogP contribution in [0.3, 0.4) is 0 Å². The summed E-state index contributed by atoms with van der Waals surface area (Å²) in [5.41, 5.74) is 2.07. The second-order valence-electron chi connectivity index (χ2n) is 5.99. The van der Waals surface area contributed by atoms with Gasteiger partial charge in [-0.15, -0.1) is 0 Å². The zero-order valence-corrected chi connectivity index (χ0v) is 13.7. The molecule has 1 aromatic rings. The summed E-state index contributed by atoms with van der Waals surface area (Å²) in [4.78, 5) is 12.1. The van der Waals surface area contributed by atoms with E-state index in [2.05, 4.69) is 22.8 Å². The number of carbonyl (C=O) groups excluding carboxylic acids is 1. The van der Waals surface area contributed by atoms with Gasteiger partial charge in [0.05, 0.1) is 0 Å². The summed E-state index contributed by atoms with van der Waals surface area (Å²) in [5, 5.41) is 6.58. The van der Waals surface area contributed by atoms with Gasteiger partial charge in [0.15, 0.2) is 0 Å². The van der Waals surface area contributed by atoms with Gasteiger partial charge in [-0.1, -0.05) is 12.1 Å². The maximum absolute atomic E-state index is 12.1. The van der Waals surface area contributed by atoms with Crippen LogP contribution >= 0.6 is 11.8 Å². The van der Waals surface area contributed by atoms with Gasteiger partial charge in [0.1, 0.15) is 6.10 Å². The normalized spacial score (nSPS) is 25.1. The molecular weight excluding hydrogens is 296 g/mol. The molecule has 0 aromatic heterocycles. The highest BCUT2D eigenvalue weighted by atomic mass is 32.2. The quantitative estimate of drug-likeness (QED) is 0.876. The van der Waals surface area contributed by atoms with Crippen molar-refractivity contribution in [2.75, 3.05) is 23.4 Å². The molecule has 4 nitrogen and oxygen atoms in total. The van der Waals surface area contributed by atoms with Crippen molar-refractivity contribution < 1.29 is 9.53 Å². The van der Waals surface area contributed by atoms with E-state index < -0.39 is 0 Å². The molecule has 5 heteroatoms. The molecule has 0 unspecified atom stereocenters. The van der Waals surface area contributed by atoms with Crippen molar-refractivity contribution in [1.29, 1.82) is 0 Å². The Morgan fingerprint density at radius 1 is 1.32 bits per heavy atom. The van der Waals surface area contributed by atoms with Crippen LogP contribution < -0.4 is 10.6 Å². The molecule has 2 heterocycles. The van der Waals surface area contributed by atoms with E-state index in [1.165, 1.54) is 29.9 Å². The van der Waals surface area contributed by atoms with Gasteiger partial charge >= 0.3 is 0 Å². The average Bonchev–Trinajstić information content (AvgIpc) is 3.09. The van der Waals surface area contributed by atoms with Crippen LogP contribution in [0.15, 0.2) is 24.3 Å². The summed E-state index contributed by atoms with van der Waals surface area (Å²) < 4.78 is 5.42. The molecule has 2 atom stereocenters. The first kappa shape index (κ1) is 15.8. The molecule has 0 saturated carbocycles. The summed E-state index contributed by atoms with van der Waals surface area (Å²) in [6.45, 7) is 1.55. The summed E-state index contributed by atoms with van der Waals surface area (Å²) in [6, 6.07) is 8.70. The second kappa shape index (κ2) is 7.99. The third-order valence-corrected chi connectivity index (χ3v) is 5.39. The third kappa shape index (κ3) is 4.48. The number of hydrogen-bond acceptors (Lipinski definition) is 4. The average molecular weight is 320 g/mol. The molecule has 0 radical (unpaired) electrons. The standard InChI is InChI=1S/C17H24N2O2S/c20-17(16-7-2-8-21-16)19-14-5-1-4-13(10-14)11-18-15-6-3-9-22-12-15/h1,4-5,10,15-16,18H,2-3,6-9,11-12H2,(H,19,20)/t15-,16-/m1/s1. The lowest BCUT2D eigenvalue weighted by molar-refractivity contribution is -0.124. The summed E-state index contributed by atoms with van der Waals surface area (Å²) in [5.74, 6) is 2.48. The molecule has 2 saturated heterocycles. The van der Waals surface area contributed by atoms with Crippen molar-refractivity contribution in [3.8, 4) is 0 Å². The first-order valence-corrected chi connectivity index (χ1v) is 9.29. The minimum absolute atomic E-state index is 0.0220. The molecule has 22 heavy (non-hydrogen) atoms. The number of amides is 1. The monoisotopic (exact) mass is 320 g/mol. The smallest absolute Gasteiger partial charge is 0.253 e. The van der Waals surface area contributed by atoms with Crippen LogP contribution in [0, 0.1) is 0 Å². The second-order valence-corrected chi connectivity index (χ2v) is 7.14. The van der Waals surface area contributed by atoms with E-state index in [1.807, 2.05) is 23.9 Å². The number of thioether (sulfide) groups is 1. The molecule has 2 fully saturated rings. The topological polar surface area (TPSA) is 50.4 Å². The van der Waals surface area contributed by atoms with Crippen LogP contribution in [0.2, 0.25) is 0 Å². The van der Waals surface area contributed by atoms with Gasteiger partial charge in [-0.2, -0.15) is 11.8 Å². The van der Waals surface area contributed by atoms with E-state index in [1.54, 1.807) is 0 Å². The minimum atomic E-state index is -0.277. The first-order valence-electron chi connectivity index (χ1n) is 8.14. The van der Waals surface area contributed by atoms with Crippen molar-refractivity contribution in [2.45, 2.75) is 44.4 Å². The number of rotatable bonds is 5. The molecule has 2 aliphatic heterocycles. The predicted octanol–water partition coefficient (Wildman–Crippen LogP) is 2.79. The van der Waals surface area contributed by atoms with Gasteiger partial charge in [0, 0.05) is 30.6 Å². The van der Waals surface area contributed by atoms with Crippen LogP contribution in [0.5, 0.6) is 0 Å². The summed E-state index contributed by atoms with van der Waals surface area (Å²) >= 11 is 2.03. The van der Waals surface area contributed by atoms with Crippen molar-refractivity contribution in [2.24, 2.45) is 0 Å². The molecule has 2 aliphatic rings. The van der Waals surface area contributed by atoms with Gasteiger partial charge in [0.2, 0.25) is 0 Å². The zero-order valence-electron chi connectivity index (χ0n) is 12.8. The molecule has 1 aromatic carbocycles. The highest BCUT2D eigenvalue weighted by Crippen LogP contribution is 2.19. The summed E-state index contributed by atoms with van der Waals surface area (Å²) in [7, 11) is 0. The van der Waals surface area contributed by atoms with Crippen molar-refractivity contribution >= 4 is 23.4 Å². The molecule has 120 valence electrons. The Balaban J connectivity index is 1.51. The van der Waals surface area contributed by atoms with Crippen LogP contribution in [-0.2, 0) is 16.1 Å². The molecule has 1 amide bonds. The number of benzene rings is 1. The Morgan fingerprint density at radius 3 is 3.05 bits per heavy atom. The van der Waals surface area contributed by atoms with Crippen LogP contribution in [0.1, 0.15) is 31.2 Å². The Hall–Kier alpha value is -1.04. The minimum Gasteiger partial charge on any atom is -0.368 e. The first-order chi connectivity index (χ1) is 10.8. The van der Waals surface area contributed by atoms with E-state index in [-0.39, 0.29) is 12.0 Å². The lowest BCUT2D eigenvalue weighted by atomic mass is 10.1. The van der Waals surface area contributed by atoms with Crippen molar-refractivity contribution in [3.05, 3.63) is 29.8 Å². The molecule has 0 spiro atoms. The molecule has 3 rings (SSSR count). The Kier molecular flexibility index (Phi) is 5.76. The maximum Gasteiger partial charge on any atom is 0.253 e. The predicted molar refractivity (Wildman–Crippen MR) is 91.2 cm³/mol. The number of nitrogens with one attached hydrogen (secondary N) is 2. The fourth-order valence-electron chi connectivity index (χ4n) is 2.93. The third-order valence-electron chi connectivity index (χ3n) is 4.17. The van der Waals surface area contributed by atoms with Gasteiger partial charge in [-0.05, 0) is 49.1 Å². The van der Waals surface area contributed by atoms with Gasteiger partial charge in [0.25, 0.3) is 5.91 Å². The molecule has 0 aliphatic carbocycles. The Bertz CT molecular complexity index is 497. The maximum atomic E-state index is 12.1. The zero-order chi connectivity index (χ0) is 15.2. The van der Waals surface area contributed by atoms with Gasteiger partial charge in [-0.3, -0.25) is 4.79 Å². The SMILES string of the molecule is O=C(Nc1cccc(CN[C@@H]2CCCSC2)c1)[C@H]1CCCO1. The van der Waals surface area contributed by atoms with Crippen LogP contribution in [0.25, 0.3) is 0 Å². The number of carbonyl (C=O) groups is 1. The van der Waals surface area contributed by atoms with E-state index in [0.717, 1.165) is 25.1 Å². The Labute approximate surface area is 136 Å². The number of hydrogen-bond donors (Lipinski definition) is 2. The summed E-state index contributed by atoms with van der Waals surface area (Å²) in [6.07, 6.45) is 4.09. The highest BCUT2D eigenvalue weighted by Gasteiger charge is 2.23.